The predicted molar refractivity (Wildman–Crippen MR) is 106 cm³/mol. The van der Waals surface area contributed by atoms with Crippen LogP contribution in [-0.4, -0.2) is 5.11 Å². The van der Waals surface area contributed by atoms with Crippen LogP contribution in [-0.2, 0) is 12.8 Å². The van der Waals surface area contributed by atoms with Gasteiger partial charge in [0.05, 0.1) is 0 Å². The Morgan fingerprint density at radius 1 is 0.913 bits per heavy atom. The largest absolute Gasteiger partial charge is 0.332 e. The topological polar surface area (TPSA) is 24.1 Å². The number of aryl methyl sites for hydroxylation is 2. The lowest BCUT2D eigenvalue weighted by atomic mass is 10.0. The highest BCUT2D eigenvalue weighted by molar-refractivity contribution is 7.80. The number of rotatable bonds is 5. The summed E-state index contributed by atoms with van der Waals surface area (Å²) in [5.41, 5.74) is 6.08. The first-order chi connectivity index (χ1) is 11.0. The van der Waals surface area contributed by atoms with Crippen molar-refractivity contribution >= 4 is 28.7 Å². The Balaban J connectivity index is 2.10. The van der Waals surface area contributed by atoms with Crippen molar-refractivity contribution in [3.63, 3.8) is 0 Å². The zero-order valence-electron chi connectivity index (χ0n) is 14.4. The molecular formula is C20H26N2S. The van der Waals surface area contributed by atoms with E-state index >= 15 is 0 Å². The molecule has 2 aromatic carbocycles. The van der Waals surface area contributed by atoms with Crippen molar-refractivity contribution in [1.29, 1.82) is 0 Å². The molecule has 2 rings (SSSR count). The van der Waals surface area contributed by atoms with Crippen molar-refractivity contribution in [3.8, 4) is 0 Å². The van der Waals surface area contributed by atoms with Crippen LogP contribution in [0.4, 0.5) is 11.4 Å². The van der Waals surface area contributed by atoms with E-state index in [0.29, 0.717) is 11.0 Å². The molecule has 0 aromatic heterocycles. The molecule has 122 valence electrons. The number of hydrogen-bond donors (Lipinski definition) is 2. The summed E-state index contributed by atoms with van der Waals surface area (Å²) in [6.45, 7) is 8.73. The van der Waals surface area contributed by atoms with Gasteiger partial charge in [-0.3, -0.25) is 0 Å². The molecule has 2 N–H and O–H groups in total. The summed E-state index contributed by atoms with van der Waals surface area (Å²) >= 11 is 5.50. The van der Waals surface area contributed by atoms with Crippen LogP contribution >= 0.6 is 12.2 Å². The van der Waals surface area contributed by atoms with Gasteiger partial charge in [-0.25, -0.2) is 0 Å². The second kappa shape index (κ2) is 8.11. The average molecular weight is 327 g/mol. The van der Waals surface area contributed by atoms with E-state index in [9.17, 15) is 0 Å². The Bertz CT molecular complexity index is 638. The van der Waals surface area contributed by atoms with Crippen LogP contribution in [0.15, 0.2) is 42.5 Å². The third-order valence-electron chi connectivity index (χ3n) is 4.07. The van der Waals surface area contributed by atoms with Gasteiger partial charge in [-0.2, -0.15) is 0 Å². The fourth-order valence-corrected chi connectivity index (χ4v) is 2.85. The molecular weight excluding hydrogens is 300 g/mol. The first-order valence-corrected chi connectivity index (χ1v) is 8.74. The molecule has 0 amide bonds. The van der Waals surface area contributed by atoms with Crippen LogP contribution in [0.25, 0.3) is 0 Å². The molecule has 3 heteroatoms. The van der Waals surface area contributed by atoms with Crippen molar-refractivity contribution in [1.82, 2.24) is 0 Å². The molecule has 0 spiro atoms. The molecule has 0 atom stereocenters. The minimum atomic E-state index is 0.540. The van der Waals surface area contributed by atoms with Gasteiger partial charge < -0.3 is 10.6 Å². The van der Waals surface area contributed by atoms with Crippen LogP contribution in [0.1, 0.15) is 50.3 Å². The summed E-state index contributed by atoms with van der Waals surface area (Å²) in [5, 5.41) is 7.30. The first-order valence-electron chi connectivity index (χ1n) is 8.33. The molecule has 0 heterocycles. The maximum absolute atomic E-state index is 5.50. The van der Waals surface area contributed by atoms with E-state index in [2.05, 4.69) is 80.8 Å². The smallest absolute Gasteiger partial charge is 0.175 e. The number of para-hydroxylation sites is 1. The third-order valence-corrected chi connectivity index (χ3v) is 4.28. The summed E-state index contributed by atoms with van der Waals surface area (Å²) < 4.78 is 0. The van der Waals surface area contributed by atoms with Crippen LogP contribution in [0, 0.1) is 0 Å². The quantitative estimate of drug-likeness (QED) is 0.685. The Kier molecular flexibility index (Phi) is 6.17. The monoisotopic (exact) mass is 326 g/mol. The zero-order valence-corrected chi connectivity index (χ0v) is 15.3. The molecule has 2 aromatic rings. The van der Waals surface area contributed by atoms with Crippen LogP contribution in [0.3, 0.4) is 0 Å². The second-order valence-corrected chi connectivity index (χ2v) is 6.42. The molecule has 0 bridgehead atoms. The van der Waals surface area contributed by atoms with E-state index in [-0.39, 0.29) is 0 Å². The van der Waals surface area contributed by atoms with E-state index in [0.717, 1.165) is 24.2 Å². The summed E-state index contributed by atoms with van der Waals surface area (Å²) in [4.78, 5) is 0. The van der Waals surface area contributed by atoms with Gasteiger partial charge in [0.15, 0.2) is 5.11 Å². The minimum absolute atomic E-state index is 0.540. The summed E-state index contributed by atoms with van der Waals surface area (Å²) in [7, 11) is 0. The summed E-state index contributed by atoms with van der Waals surface area (Å²) in [6.07, 6.45) is 1.98. The Morgan fingerprint density at radius 2 is 1.48 bits per heavy atom. The fraction of sp³-hybridized carbons (Fsp3) is 0.350. The predicted octanol–water partition coefficient (Wildman–Crippen LogP) is 5.74. The van der Waals surface area contributed by atoms with Gasteiger partial charge in [-0.05, 0) is 59.8 Å². The number of benzene rings is 2. The van der Waals surface area contributed by atoms with Crippen molar-refractivity contribution in [2.45, 2.75) is 46.5 Å². The highest BCUT2D eigenvalue weighted by Crippen LogP contribution is 2.23. The van der Waals surface area contributed by atoms with Gasteiger partial charge in [0.2, 0.25) is 0 Å². The fourth-order valence-electron chi connectivity index (χ4n) is 2.63. The van der Waals surface area contributed by atoms with Gasteiger partial charge in [0.1, 0.15) is 0 Å². The molecule has 0 aliphatic rings. The molecule has 0 unspecified atom stereocenters. The standard InChI is InChI=1S/C20H26N2S/c1-5-15-8-7-9-16(6-2)19(15)22-20(23)21-18-12-10-17(11-13-18)14(3)4/h7-14H,5-6H2,1-4H3,(H2,21,22,23). The lowest BCUT2D eigenvalue weighted by Gasteiger charge is -2.17. The van der Waals surface area contributed by atoms with Crippen LogP contribution in [0.5, 0.6) is 0 Å². The maximum Gasteiger partial charge on any atom is 0.175 e. The molecule has 0 aliphatic heterocycles. The van der Waals surface area contributed by atoms with E-state index in [1.807, 2.05) is 0 Å². The lowest BCUT2D eigenvalue weighted by molar-refractivity contribution is 0.867. The van der Waals surface area contributed by atoms with Crippen molar-refractivity contribution < 1.29 is 0 Å². The molecule has 0 aliphatic carbocycles. The number of nitrogens with one attached hydrogen (secondary N) is 2. The van der Waals surface area contributed by atoms with Crippen LogP contribution < -0.4 is 10.6 Å². The first kappa shape index (κ1) is 17.5. The Hall–Kier alpha value is -1.87. The number of anilines is 2. The van der Waals surface area contributed by atoms with Gasteiger partial charge in [0.25, 0.3) is 0 Å². The number of hydrogen-bond acceptors (Lipinski definition) is 1. The van der Waals surface area contributed by atoms with E-state index < -0.39 is 0 Å². The molecule has 0 fully saturated rings. The summed E-state index contributed by atoms with van der Waals surface area (Å²) in [5.74, 6) is 0.540. The van der Waals surface area contributed by atoms with E-state index in [4.69, 9.17) is 12.2 Å². The Labute approximate surface area is 145 Å². The molecule has 0 saturated carbocycles. The second-order valence-electron chi connectivity index (χ2n) is 6.01. The van der Waals surface area contributed by atoms with Crippen molar-refractivity contribution in [2.24, 2.45) is 0 Å². The highest BCUT2D eigenvalue weighted by Gasteiger charge is 2.08. The van der Waals surface area contributed by atoms with Crippen molar-refractivity contribution in [2.75, 3.05) is 10.6 Å². The zero-order chi connectivity index (χ0) is 16.8. The normalized spacial score (nSPS) is 10.7. The number of thiocarbonyl (C=S) groups is 1. The van der Waals surface area contributed by atoms with Crippen LogP contribution in [0.2, 0.25) is 0 Å². The highest BCUT2D eigenvalue weighted by atomic mass is 32.1. The van der Waals surface area contributed by atoms with Gasteiger partial charge in [0, 0.05) is 11.4 Å². The van der Waals surface area contributed by atoms with E-state index in [1.165, 1.54) is 16.7 Å². The maximum atomic E-state index is 5.50. The summed E-state index contributed by atoms with van der Waals surface area (Å²) in [6, 6.07) is 14.9. The lowest BCUT2D eigenvalue weighted by Crippen LogP contribution is -2.20. The Morgan fingerprint density at radius 3 is 1.96 bits per heavy atom. The SMILES string of the molecule is CCc1cccc(CC)c1NC(=S)Nc1ccc(C(C)C)cc1. The molecule has 23 heavy (non-hydrogen) atoms. The molecule has 2 nitrogen and oxygen atoms in total. The van der Waals surface area contributed by atoms with Gasteiger partial charge >= 0.3 is 0 Å². The van der Waals surface area contributed by atoms with Gasteiger partial charge in [-0.1, -0.05) is 58.0 Å². The van der Waals surface area contributed by atoms with E-state index in [1.54, 1.807) is 0 Å². The molecule has 0 radical (unpaired) electrons. The minimum Gasteiger partial charge on any atom is -0.332 e. The molecule has 0 saturated heterocycles. The average Bonchev–Trinajstić information content (AvgIpc) is 2.55. The third kappa shape index (κ3) is 4.55. The van der Waals surface area contributed by atoms with Crippen molar-refractivity contribution in [3.05, 3.63) is 59.2 Å². The van der Waals surface area contributed by atoms with Gasteiger partial charge in [-0.15, -0.1) is 0 Å².